The fourth-order valence-corrected chi connectivity index (χ4v) is 2.17. The van der Waals surface area contributed by atoms with Crippen molar-refractivity contribution in [1.29, 1.82) is 0 Å². The van der Waals surface area contributed by atoms with Crippen LogP contribution in [0, 0.1) is 0 Å². The van der Waals surface area contributed by atoms with E-state index in [-0.39, 0.29) is 11.9 Å². The van der Waals surface area contributed by atoms with E-state index in [9.17, 15) is 4.79 Å². The highest BCUT2D eigenvalue weighted by Gasteiger charge is 2.26. The van der Waals surface area contributed by atoms with E-state index in [0.717, 1.165) is 19.5 Å². The number of carbonyl (C=O) groups excluding carboxylic acids is 1. The minimum atomic E-state index is -0.204. The molecular weight excluding hydrogens is 188 g/mol. The molecule has 1 aromatic carbocycles. The number of fused-ring (bicyclic) bond motifs is 1. The lowest BCUT2D eigenvalue weighted by Gasteiger charge is -2.29. The molecule has 0 fully saturated rings. The third-order valence-electron chi connectivity index (χ3n) is 3.29. The zero-order chi connectivity index (χ0) is 10.8. The fourth-order valence-electron chi connectivity index (χ4n) is 2.17. The van der Waals surface area contributed by atoms with Crippen LogP contribution in [0.1, 0.15) is 18.1 Å². The monoisotopic (exact) mass is 205 g/mol. The first-order valence-electron chi connectivity index (χ1n) is 5.39. The average Bonchev–Trinajstić information content (AvgIpc) is 2.27. The van der Waals surface area contributed by atoms with Crippen molar-refractivity contribution in [2.75, 3.05) is 6.54 Å². The van der Waals surface area contributed by atoms with Crippen molar-refractivity contribution in [3.8, 4) is 0 Å². The van der Waals surface area contributed by atoms with Crippen LogP contribution in [0.2, 0.25) is 0 Å². The van der Waals surface area contributed by atoms with Crippen molar-refractivity contribution >= 4 is 5.91 Å². The van der Waals surface area contributed by atoms with E-state index < -0.39 is 0 Å². The van der Waals surface area contributed by atoms with E-state index in [4.69, 9.17) is 5.73 Å². The van der Waals surface area contributed by atoms with Gasteiger partial charge in [-0.15, -0.1) is 0 Å². The first-order valence-corrected chi connectivity index (χ1v) is 5.39. The van der Waals surface area contributed by atoms with Crippen LogP contribution in [0.25, 0.3) is 0 Å². The Hall–Kier alpha value is -1.35. The highest BCUT2D eigenvalue weighted by molar-refractivity contribution is 5.77. The van der Waals surface area contributed by atoms with Gasteiger partial charge in [0, 0.05) is 12.0 Å². The highest BCUT2D eigenvalue weighted by Crippen LogP contribution is 2.10. The van der Waals surface area contributed by atoms with E-state index in [0.29, 0.717) is 0 Å². The van der Waals surface area contributed by atoms with Gasteiger partial charge in [-0.3, -0.25) is 4.79 Å². The van der Waals surface area contributed by atoms with Gasteiger partial charge >= 0.3 is 0 Å². The van der Waals surface area contributed by atoms with E-state index in [1.807, 2.05) is 6.92 Å². The summed E-state index contributed by atoms with van der Waals surface area (Å²) in [5, 5.41) is 0. The molecule has 1 amide bonds. The summed E-state index contributed by atoms with van der Waals surface area (Å²) in [6, 6.07) is 8.35. The molecule has 0 aromatic heterocycles. The molecule has 3 N–H and O–H groups in total. The Kier molecular flexibility index (Phi) is 2.73. The molecule has 1 aliphatic heterocycles. The summed E-state index contributed by atoms with van der Waals surface area (Å²) >= 11 is 0. The number of rotatable bonds is 2. The lowest BCUT2D eigenvalue weighted by molar-refractivity contribution is -0.929. The predicted octanol–water partition coefficient (Wildman–Crippen LogP) is -0.499. The number of primary amides is 1. The molecule has 1 heterocycles. The smallest absolute Gasteiger partial charge is 0.275 e. The minimum Gasteiger partial charge on any atom is -0.365 e. The Morgan fingerprint density at radius 3 is 2.73 bits per heavy atom. The van der Waals surface area contributed by atoms with Gasteiger partial charge in [0.25, 0.3) is 5.91 Å². The topological polar surface area (TPSA) is 47.5 Å². The van der Waals surface area contributed by atoms with E-state index in [1.165, 1.54) is 16.0 Å². The number of carbonyl (C=O) groups is 1. The second-order valence-corrected chi connectivity index (χ2v) is 4.23. The molecule has 0 bridgehead atoms. The summed E-state index contributed by atoms with van der Waals surface area (Å²) in [5.74, 6) is -0.204. The highest BCUT2D eigenvalue weighted by atomic mass is 16.1. The second kappa shape index (κ2) is 4.03. The maximum Gasteiger partial charge on any atom is 0.275 e. The molecule has 0 saturated heterocycles. The Morgan fingerprint density at radius 2 is 2.07 bits per heavy atom. The van der Waals surface area contributed by atoms with E-state index >= 15 is 0 Å². The molecule has 80 valence electrons. The molecule has 1 aromatic rings. The van der Waals surface area contributed by atoms with E-state index in [1.54, 1.807) is 0 Å². The standard InChI is InChI=1S/C12H16N2O/c1-9(12(13)15)14-7-6-10-4-2-3-5-11(10)8-14/h2-5,9H,6-8H2,1H3,(H2,13,15)/p+1/t9-/m0/s1. The third-order valence-corrected chi connectivity index (χ3v) is 3.29. The minimum absolute atomic E-state index is 0.0849. The Labute approximate surface area is 89.9 Å². The molecule has 3 heteroatoms. The lowest BCUT2D eigenvalue weighted by atomic mass is 9.99. The molecule has 2 rings (SSSR count). The number of hydrogen-bond donors (Lipinski definition) is 2. The van der Waals surface area contributed by atoms with Crippen LogP contribution in [-0.4, -0.2) is 18.5 Å². The molecule has 1 aliphatic rings. The Bertz CT molecular complexity index is 376. The van der Waals surface area contributed by atoms with Gasteiger partial charge in [-0.1, -0.05) is 24.3 Å². The van der Waals surface area contributed by atoms with Crippen molar-refractivity contribution in [2.45, 2.75) is 25.9 Å². The van der Waals surface area contributed by atoms with Crippen molar-refractivity contribution in [2.24, 2.45) is 5.73 Å². The Morgan fingerprint density at radius 1 is 1.40 bits per heavy atom. The van der Waals surface area contributed by atoms with E-state index in [2.05, 4.69) is 24.3 Å². The SMILES string of the molecule is C[C@@H](C(N)=O)[NH+]1CCc2ccccc2C1. The van der Waals surface area contributed by atoms with Gasteiger partial charge in [-0.2, -0.15) is 0 Å². The first kappa shape index (κ1) is 10.2. The van der Waals surface area contributed by atoms with Crippen LogP contribution in [-0.2, 0) is 17.8 Å². The molecule has 0 saturated carbocycles. The first-order chi connectivity index (χ1) is 7.18. The van der Waals surface area contributed by atoms with Crippen LogP contribution in [0.3, 0.4) is 0 Å². The number of benzene rings is 1. The third kappa shape index (κ3) is 2.02. The summed E-state index contributed by atoms with van der Waals surface area (Å²) in [6.07, 6.45) is 1.04. The molecule has 0 radical (unpaired) electrons. The van der Waals surface area contributed by atoms with Crippen molar-refractivity contribution < 1.29 is 9.69 Å². The van der Waals surface area contributed by atoms with Gasteiger partial charge in [0.2, 0.25) is 0 Å². The normalized spacial score (nSPS) is 21.8. The van der Waals surface area contributed by atoms with Gasteiger partial charge in [0.15, 0.2) is 6.04 Å². The van der Waals surface area contributed by atoms with Gasteiger partial charge in [0.1, 0.15) is 6.54 Å². The van der Waals surface area contributed by atoms with Crippen LogP contribution in [0.4, 0.5) is 0 Å². The number of nitrogens with one attached hydrogen (secondary N) is 1. The van der Waals surface area contributed by atoms with Gasteiger partial charge in [0.05, 0.1) is 6.54 Å². The van der Waals surface area contributed by atoms with Gasteiger partial charge in [-0.05, 0) is 12.5 Å². The number of quaternary nitrogens is 1. The summed E-state index contributed by atoms with van der Waals surface area (Å²) in [6.45, 7) is 3.83. The summed E-state index contributed by atoms with van der Waals surface area (Å²) in [7, 11) is 0. The second-order valence-electron chi connectivity index (χ2n) is 4.23. The molecule has 0 aliphatic carbocycles. The molecule has 1 unspecified atom stereocenters. The molecule has 15 heavy (non-hydrogen) atoms. The molecular formula is C12H17N2O+. The average molecular weight is 205 g/mol. The fraction of sp³-hybridized carbons (Fsp3) is 0.417. The van der Waals surface area contributed by atoms with Gasteiger partial charge < -0.3 is 10.6 Å². The number of nitrogens with two attached hydrogens (primary N) is 1. The number of amides is 1. The lowest BCUT2D eigenvalue weighted by Crippen LogP contribution is -3.16. The predicted molar refractivity (Wildman–Crippen MR) is 58.3 cm³/mol. The van der Waals surface area contributed by atoms with Crippen LogP contribution in [0.5, 0.6) is 0 Å². The van der Waals surface area contributed by atoms with Gasteiger partial charge in [-0.25, -0.2) is 0 Å². The maximum absolute atomic E-state index is 11.1. The molecule has 2 atom stereocenters. The van der Waals surface area contributed by atoms with Crippen LogP contribution >= 0.6 is 0 Å². The molecule has 3 nitrogen and oxygen atoms in total. The zero-order valence-corrected chi connectivity index (χ0v) is 8.99. The van der Waals surface area contributed by atoms with Crippen molar-refractivity contribution in [3.05, 3.63) is 35.4 Å². The van der Waals surface area contributed by atoms with Crippen molar-refractivity contribution in [3.63, 3.8) is 0 Å². The zero-order valence-electron chi connectivity index (χ0n) is 8.99. The summed E-state index contributed by atoms with van der Waals surface area (Å²) < 4.78 is 0. The van der Waals surface area contributed by atoms with Crippen LogP contribution in [0.15, 0.2) is 24.3 Å². The molecule has 0 spiro atoms. The largest absolute Gasteiger partial charge is 0.365 e. The summed E-state index contributed by atoms with van der Waals surface area (Å²) in [4.78, 5) is 12.4. The number of hydrogen-bond acceptors (Lipinski definition) is 1. The van der Waals surface area contributed by atoms with Crippen molar-refractivity contribution in [1.82, 2.24) is 0 Å². The maximum atomic E-state index is 11.1. The quantitative estimate of drug-likeness (QED) is 0.672. The van der Waals surface area contributed by atoms with Crippen LogP contribution < -0.4 is 10.6 Å². The summed E-state index contributed by atoms with van der Waals surface area (Å²) in [5.41, 5.74) is 8.10. The Balaban J connectivity index is 2.15.